The molecule has 3 amide bonds. The summed E-state index contributed by atoms with van der Waals surface area (Å²) in [5, 5.41) is 9.36. The van der Waals surface area contributed by atoms with Crippen molar-refractivity contribution in [3.63, 3.8) is 0 Å². The van der Waals surface area contributed by atoms with Gasteiger partial charge in [-0.1, -0.05) is 39.8 Å². The minimum Gasteiger partial charge on any atom is -0.493 e. The van der Waals surface area contributed by atoms with Crippen LogP contribution >= 0.6 is 0 Å². The number of fused-ring (bicyclic) bond motifs is 1. The summed E-state index contributed by atoms with van der Waals surface area (Å²) in [5.74, 6) is 0.127. The van der Waals surface area contributed by atoms with Crippen LogP contribution in [0.4, 0.5) is 26.7 Å². The van der Waals surface area contributed by atoms with Gasteiger partial charge in [0, 0.05) is 48.9 Å². The van der Waals surface area contributed by atoms with E-state index in [0.717, 1.165) is 11.1 Å². The molecule has 266 valence electrons. The Morgan fingerprint density at radius 1 is 0.880 bits per heavy atom. The van der Waals surface area contributed by atoms with Crippen molar-refractivity contribution in [3.8, 4) is 16.9 Å². The molecular weight excluding hydrogens is 638 g/mol. The molecule has 0 radical (unpaired) electrons. The molecular formula is C38H47N5O7. The highest BCUT2D eigenvalue weighted by Crippen LogP contribution is 2.37. The first-order chi connectivity index (χ1) is 23.6. The summed E-state index contributed by atoms with van der Waals surface area (Å²) in [5.41, 5.74) is 3.26. The van der Waals surface area contributed by atoms with Crippen molar-refractivity contribution in [2.45, 2.75) is 79.2 Å². The fourth-order valence-corrected chi connectivity index (χ4v) is 5.48. The highest BCUT2D eigenvalue weighted by atomic mass is 16.6. The van der Waals surface area contributed by atoms with E-state index in [1.165, 1.54) is 11.5 Å². The van der Waals surface area contributed by atoms with E-state index in [0.29, 0.717) is 52.3 Å². The second kappa shape index (κ2) is 15.9. The number of esters is 1. The number of amides is 3. The molecule has 50 heavy (non-hydrogen) atoms. The lowest BCUT2D eigenvalue weighted by atomic mass is 9.91. The molecule has 2 aromatic heterocycles. The van der Waals surface area contributed by atoms with Crippen LogP contribution in [0.1, 0.15) is 84.8 Å². The average molecular weight is 686 g/mol. The number of hydrogen-bond donors (Lipinski definition) is 3. The van der Waals surface area contributed by atoms with E-state index in [-0.39, 0.29) is 30.1 Å². The quantitative estimate of drug-likeness (QED) is 0.106. The van der Waals surface area contributed by atoms with Crippen molar-refractivity contribution >= 4 is 46.2 Å². The number of ether oxygens (including phenoxy) is 3. The van der Waals surface area contributed by atoms with Gasteiger partial charge in [-0.15, -0.1) is 0 Å². The van der Waals surface area contributed by atoms with E-state index < -0.39 is 23.3 Å². The topological polar surface area (TPSA) is 150 Å². The van der Waals surface area contributed by atoms with Crippen molar-refractivity contribution in [1.82, 2.24) is 9.55 Å². The third kappa shape index (κ3) is 9.40. The van der Waals surface area contributed by atoms with Crippen LogP contribution in [0.5, 0.6) is 5.75 Å². The summed E-state index contributed by atoms with van der Waals surface area (Å²) in [7, 11) is 1.61. The number of rotatable bonds is 11. The summed E-state index contributed by atoms with van der Waals surface area (Å²) < 4.78 is 17.8. The summed E-state index contributed by atoms with van der Waals surface area (Å²) in [6, 6.07) is 13.9. The summed E-state index contributed by atoms with van der Waals surface area (Å²) in [6.07, 6.45) is 1.53. The Morgan fingerprint density at radius 3 is 2.16 bits per heavy atom. The number of urea groups is 1. The van der Waals surface area contributed by atoms with Crippen molar-refractivity contribution in [3.05, 3.63) is 76.2 Å². The molecule has 0 bridgehead atoms. The van der Waals surface area contributed by atoms with Crippen LogP contribution in [0, 0.1) is 0 Å². The number of benzene rings is 2. The number of anilines is 3. The lowest BCUT2D eigenvalue weighted by molar-refractivity contribution is -0.141. The molecule has 0 aliphatic rings. The molecule has 0 unspecified atom stereocenters. The van der Waals surface area contributed by atoms with Gasteiger partial charge in [-0.2, -0.15) is 0 Å². The maximum atomic E-state index is 13.9. The molecule has 0 fully saturated rings. The minimum atomic E-state index is -0.666. The van der Waals surface area contributed by atoms with Gasteiger partial charge >= 0.3 is 18.1 Å². The first kappa shape index (κ1) is 37.4. The van der Waals surface area contributed by atoms with Crippen LogP contribution in [-0.2, 0) is 21.3 Å². The van der Waals surface area contributed by atoms with E-state index in [9.17, 15) is 19.2 Å². The number of pyridine rings is 2. The van der Waals surface area contributed by atoms with Gasteiger partial charge in [0.25, 0.3) is 5.56 Å². The molecule has 3 N–H and O–H groups in total. The first-order valence-corrected chi connectivity index (χ1v) is 16.7. The molecule has 0 spiro atoms. The predicted molar refractivity (Wildman–Crippen MR) is 196 cm³/mol. The number of nitrogens with zero attached hydrogens (tertiary/aromatic N) is 2. The average Bonchev–Trinajstić information content (AvgIpc) is 3.02. The van der Waals surface area contributed by atoms with Gasteiger partial charge in [0.05, 0.1) is 13.2 Å². The summed E-state index contributed by atoms with van der Waals surface area (Å²) in [6.45, 7) is 15.3. The summed E-state index contributed by atoms with van der Waals surface area (Å²) >= 11 is 0. The van der Waals surface area contributed by atoms with Crippen LogP contribution in [-0.4, -0.2) is 46.5 Å². The maximum Gasteiger partial charge on any atom is 0.412 e. The van der Waals surface area contributed by atoms with Crippen LogP contribution in [0.2, 0.25) is 0 Å². The molecule has 2 heterocycles. The fourth-order valence-electron chi connectivity index (χ4n) is 5.48. The van der Waals surface area contributed by atoms with Gasteiger partial charge in [0.1, 0.15) is 22.7 Å². The summed E-state index contributed by atoms with van der Waals surface area (Å²) in [4.78, 5) is 56.0. The Balaban J connectivity index is 1.72. The lowest BCUT2D eigenvalue weighted by Gasteiger charge is -2.24. The van der Waals surface area contributed by atoms with Crippen LogP contribution in [0.15, 0.2) is 59.5 Å². The van der Waals surface area contributed by atoms with Crippen LogP contribution in [0.25, 0.3) is 22.2 Å². The third-order valence-corrected chi connectivity index (χ3v) is 7.69. The molecule has 4 aromatic rings. The van der Waals surface area contributed by atoms with Gasteiger partial charge < -0.3 is 24.8 Å². The van der Waals surface area contributed by atoms with Gasteiger partial charge in [0.2, 0.25) is 0 Å². The van der Waals surface area contributed by atoms with Crippen molar-refractivity contribution in [1.29, 1.82) is 0 Å². The number of aryl methyl sites for hydroxylation is 1. The first-order valence-electron chi connectivity index (χ1n) is 16.7. The van der Waals surface area contributed by atoms with Crippen molar-refractivity contribution < 1.29 is 28.6 Å². The molecule has 2 aromatic carbocycles. The number of aromatic nitrogens is 2. The Hall–Kier alpha value is -5.39. The molecule has 12 nitrogen and oxygen atoms in total. The standard InChI is InChI=1S/C38H47N5O7/c1-22(2)29-20-26(40-37(47)50-38(6,7)8)21-30(23(3)4)32(29)41-36(46)42-33-31(28-15-11-16-39-34(28)43(9)35(33)45)25-13-10-14-27(19-25)49-18-12-17-48-24(5)44/h10-11,13-16,19-23H,12,17-18H2,1-9H3,(H,40,47)(H2,41,42,46). The number of hydrogen-bond acceptors (Lipinski definition) is 8. The van der Waals surface area contributed by atoms with Crippen molar-refractivity contribution in [2.24, 2.45) is 7.05 Å². The van der Waals surface area contributed by atoms with Crippen LogP contribution in [0.3, 0.4) is 0 Å². The zero-order valence-corrected chi connectivity index (χ0v) is 30.2. The fraction of sp³-hybridized carbons (Fsp3) is 0.395. The SMILES string of the molecule is CC(=O)OCCCOc1cccc(-c2c(NC(=O)Nc3c(C(C)C)cc(NC(=O)OC(C)(C)C)cc3C(C)C)c(=O)n(C)c3ncccc23)c1. The van der Waals surface area contributed by atoms with Gasteiger partial charge in [-0.3, -0.25) is 19.5 Å². The van der Waals surface area contributed by atoms with Gasteiger partial charge in [-0.25, -0.2) is 14.6 Å². The Morgan fingerprint density at radius 2 is 1.54 bits per heavy atom. The molecule has 0 saturated heterocycles. The Bertz CT molecular complexity index is 1910. The monoisotopic (exact) mass is 685 g/mol. The van der Waals surface area contributed by atoms with E-state index >= 15 is 0 Å². The molecule has 0 saturated carbocycles. The zero-order chi connectivity index (χ0) is 36.7. The number of carbonyl (C=O) groups excluding carboxylic acids is 3. The lowest BCUT2D eigenvalue weighted by Crippen LogP contribution is -2.29. The highest BCUT2D eigenvalue weighted by molar-refractivity contribution is 6.08. The highest BCUT2D eigenvalue weighted by Gasteiger charge is 2.24. The maximum absolute atomic E-state index is 13.9. The van der Waals surface area contributed by atoms with E-state index in [2.05, 4.69) is 20.9 Å². The smallest absolute Gasteiger partial charge is 0.412 e. The Kier molecular flexibility index (Phi) is 11.9. The van der Waals surface area contributed by atoms with Crippen LogP contribution < -0.4 is 26.2 Å². The second-order valence-corrected chi connectivity index (χ2v) is 13.6. The van der Waals surface area contributed by atoms with Gasteiger partial charge in [0.15, 0.2) is 0 Å². The van der Waals surface area contributed by atoms with E-state index in [1.54, 1.807) is 58.3 Å². The third-order valence-electron chi connectivity index (χ3n) is 7.69. The molecule has 0 atom stereocenters. The molecule has 0 aliphatic heterocycles. The molecule has 0 aliphatic carbocycles. The molecule has 12 heteroatoms. The second-order valence-electron chi connectivity index (χ2n) is 13.6. The van der Waals surface area contributed by atoms with E-state index in [4.69, 9.17) is 14.2 Å². The number of nitrogens with one attached hydrogen (secondary N) is 3. The molecule has 4 rings (SSSR count). The van der Waals surface area contributed by atoms with E-state index in [1.807, 2.05) is 52.0 Å². The predicted octanol–water partition coefficient (Wildman–Crippen LogP) is 8.17. The normalized spacial score (nSPS) is 11.4. The Labute approximate surface area is 292 Å². The van der Waals surface area contributed by atoms with Gasteiger partial charge in [-0.05, 0) is 85.7 Å². The minimum absolute atomic E-state index is 0.0323. The number of carbonyl (C=O) groups is 3. The zero-order valence-electron chi connectivity index (χ0n) is 30.2. The largest absolute Gasteiger partial charge is 0.493 e. The van der Waals surface area contributed by atoms with Crippen molar-refractivity contribution in [2.75, 3.05) is 29.2 Å².